The summed E-state index contributed by atoms with van der Waals surface area (Å²) < 4.78 is 2.53. The monoisotopic (exact) mass is 950 g/mol. The number of rotatable bonds is 8. The van der Waals surface area contributed by atoms with Gasteiger partial charge < -0.3 is 9.47 Å². The SMILES string of the molecule is CC(C)(C)c1ccc2c(c1)c1cc(C(C)(C)C)ccc1n2-c1ccc2ccc3c(N(c4ccccc4-c4ccccc4-c4ccccc4)c4c(-c5ccccc5)cccc4-c4ccccc4)ccc4ccc1c2c43. The van der Waals surface area contributed by atoms with Crippen LogP contribution in [0.4, 0.5) is 17.1 Å². The molecule has 74 heavy (non-hydrogen) atoms. The standard InChI is InChI=1S/C72H58N2/c1-71(2,3)52-37-43-66-61(45-52)62-46-53(72(4,5)6)38-44-67(62)73(66)64-41-35-50-34-40-60-65(42-36-51-33-39-59(64)68(50)69(51)60)74(63-32-19-18-29-58(63)57-28-17-16-27-54(57)47-21-10-7-11-22-47)70-55(48-23-12-8-13-24-48)30-20-31-56(70)49-25-14-9-15-26-49/h7-46H,1-6H3. The number of hydrogen-bond acceptors (Lipinski definition) is 1. The fraction of sp³-hybridized carbons (Fsp3) is 0.111. The van der Waals surface area contributed by atoms with Crippen molar-refractivity contribution in [3.63, 3.8) is 0 Å². The lowest BCUT2D eigenvalue weighted by Crippen LogP contribution is -2.14. The van der Waals surface area contributed by atoms with E-state index in [-0.39, 0.29) is 10.8 Å². The quantitative estimate of drug-likeness (QED) is 0.138. The van der Waals surface area contributed by atoms with Crippen LogP contribution in [0.25, 0.3) is 104 Å². The molecule has 0 aliphatic rings. The third-order valence-electron chi connectivity index (χ3n) is 15.5. The first-order valence-electron chi connectivity index (χ1n) is 26.1. The molecule has 2 nitrogen and oxygen atoms in total. The fourth-order valence-electron chi connectivity index (χ4n) is 11.7. The van der Waals surface area contributed by atoms with Gasteiger partial charge in [-0.1, -0.05) is 242 Å². The van der Waals surface area contributed by atoms with Gasteiger partial charge in [0.1, 0.15) is 0 Å². The molecular weight excluding hydrogens is 893 g/mol. The molecule has 0 spiro atoms. The normalized spacial score (nSPS) is 12.2. The summed E-state index contributed by atoms with van der Waals surface area (Å²) in [4.78, 5) is 2.58. The Bertz CT molecular complexity index is 4110. The van der Waals surface area contributed by atoms with Crippen LogP contribution in [0.2, 0.25) is 0 Å². The molecule has 0 aliphatic carbocycles. The van der Waals surface area contributed by atoms with Gasteiger partial charge in [-0.15, -0.1) is 0 Å². The van der Waals surface area contributed by atoms with Gasteiger partial charge in [-0.3, -0.25) is 0 Å². The van der Waals surface area contributed by atoms with E-state index in [1.807, 2.05) is 0 Å². The lowest BCUT2D eigenvalue weighted by molar-refractivity contribution is 0.590. The second-order valence-electron chi connectivity index (χ2n) is 22.1. The zero-order chi connectivity index (χ0) is 50.3. The third-order valence-corrected chi connectivity index (χ3v) is 15.5. The van der Waals surface area contributed by atoms with Crippen LogP contribution in [0.1, 0.15) is 52.7 Å². The molecule has 0 amide bonds. The van der Waals surface area contributed by atoms with E-state index in [1.54, 1.807) is 0 Å². The van der Waals surface area contributed by atoms with Gasteiger partial charge in [-0.25, -0.2) is 0 Å². The first-order valence-corrected chi connectivity index (χ1v) is 26.1. The van der Waals surface area contributed by atoms with Gasteiger partial charge >= 0.3 is 0 Å². The summed E-state index contributed by atoms with van der Waals surface area (Å²) in [5.74, 6) is 0. The molecular formula is C72H58N2. The predicted octanol–water partition coefficient (Wildman–Crippen LogP) is 20.4. The lowest BCUT2D eigenvalue weighted by Gasteiger charge is -2.33. The molecule has 0 unspecified atom stereocenters. The van der Waals surface area contributed by atoms with Crippen LogP contribution in [0.3, 0.4) is 0 Å². The molecule has 0 bridgehead atoms. The maximum atomic E-state index is 2.58. The number of nitrogens with zero attached hydrogens (tertiary/aromatic N) is 2. The Morgan fingerprint density at radius 2 is 0.743 bits per heavy atom. The van der Waals surface area contributed by atoms with Crippen molar-refractivity contribution in [3.05, 3.63) is 254 Å². The molecule has 0 saturated heterocycles. The average molecular weight is 951 g/mol. The van der Waals surface area contributed by atoms with E-state index < -0.39 is 0 Å². The van der Waals surface area contributed by atoms with Gasteiger partial charge in [0.05, 0.1) is 33.8 Å². The molecule has 13 rings (SSSR count). The van der Waals surface area contributed by atoms with Crippen molar-refractivity contribution in [2.24, 2.45) is 0 Å². The Labute approximate surface area is 434 Å². The van der Waals surface area contributed by atoms with Crippen molar-refractivity contribution >= 4 is 71.2 Å². The summed E-state index contributed by atoms with van der Waals surface area (Å²) in [7, 11) is 0. The first-order chi connectivity index (χ1) is 36.0. The molecule has 0 radical (unpaired) electrons. The van der Waals surface area contributed by atoms with Gasteiger partial charge in [0.2, 0.25) is 0 Å². The zero-order valence-corrected chi connectivity index (χ0v) is 43.0. The third kappa shape index (κ3) is 7.47. The summed E-state index contributed by atoms with van der Waals surface area (Å²) in [6.45, 7) is 13.9. The van der Waals surface area contributed by atoms with Crippen LogP contribution in [0.5, 0.6) is 0 Å². The molecule has 2 heteroatoms. The number of anilines is 3. The van der Waals surface area contributed by atoms with Gasteiger partial charge in [0.25, 0.3) is 0 Å². The van der Waals surface area contributed by atoms with Crippen molar-refractivity contribution < 1.29 is 0 Å². The number of hydrogen-bond donors (Lipinski definition) is 0. The molecule has 0 fully saturated rings. The minimum Gasteiger partial charge on any atom is -0.309 e. The Morgan fingerprint density at radius 1 is 0.311 bits per heavy atom. The van der Waals surface area contributed by atoms with Crippen LogP contribution in [-0.4, -0.2) is 4.57 Å². The van der Waals surface area contributed by atoms with Crippen molar-refractivity contribution in [3.8, 4) is 50.2 Å². The van der Waals surface area contributed by atoms with Gasteiger partial charge in [0.15, 0.2) is 0 Å². The molecule has 0 saturated carbocycles. The van der Waals surface area contributed by atoms with Gasteiger partial charge in [-0.05, 0) is 114 Å². The van der Waals surface area contributed by atoms with E-state index in [9.17, 15) is 0 Å². The highest BCUT2D eigenvalue weighted by Crippen LogP contribution is 2.53. The summed E-state index contributed by atoms with van der Waals surface area (Å²) in [6, 6.07) is 90.5. The zero-order valence-electron chi connectivity index (χ0n) is 43.0. The second kappa shape index (κ2) is 17.5. The maximum Gasteiger partial charge on any atom is 0.0618 e. The highest BCUT2D eigenvalue weighted by atomic mass is 15.2. The Morgan fingerprint density at radius 3 is 1.30 bits per heavy atom. The summed E-state index contributed by atoms with van der Waals surface area (Å²) in [5.41, 5.74) is 19.0. The van der Waals surface area contributed by atoms with E-state index in [0.29, 0.717) is 0 Å². The van der Waals surface area contributed by atoms with E-state index in [4.69, 9.17) is 0 Å². The maximum absolute atomic E-state index is 2.58. The molecule has 1 heterocycles. The van der Waals surface area contributed by atoms with Crippen molar-refractivity contribution in [1.82, 2.24) is 4.57 Å². The number of fused-ring (bicyclic) bond motifs is 3. The summed E-state index contributed by atoms with van der Waals surface area (Å²) >= 11 is 0. The predicted molar refractivity (Wildman–Crippen MR) is 318 cm³/mol. The topological polar surface area (TPSA) is 8.17 Å². The largest absolute Gasteiger partial charge is 0.309 e. The lowest BCUT2D eigenvalue weighted by atomic mass is 9.85. The van der Waals surface area contributed by atoms with E-state index in [1.165, 1.54) is 87.6 Å². The summed E-state index contributed by atoms with van der Waals surface area (Å²) in [5, 5.41) is 9.98. The minimum atomic E-state index is 0.0120. The summed E-state index contributed by atoms with van der Waals surface area (Å²) in [6.07, 6.45) is 0. The van der Waals surface area contributed by atoms with Crippen LogP contribution >= 0.6 is 0 Å². The average Bonchev–Trinajstić information content (AvgIpc) is 3.77. The van der Waals surface area contributed by atoms with Crippen molar-refractivity contribution in [1.29, 1.82) is 0 Å². The Hall–Kier alpha value is -8.72. The Balaban J connectivity index is 1.13. The van der Waals surface area contributed by atoms with Crippen LogP contribution in [0, 0.1) is 0 Å². The van der Waals surface area contributed by atoms with Crippen molar-refractivity contribution in [2.45, 2.75) is 52.4 Å². The number of aromatic nitrogens is 1. The second-order valence-corrected chi connectivity index (χ2v) is 22.1. The molecule has 1 aromatic heterocycles. The van der Waals surface area contributed by atoms with Gasteiger partial charge in [-0.2, -0.15) is 0 Å². The van der Waals surface area contributed by atoms with Crippen LogP contribution < -0.4 is 4.90 Å². The number of benzene rings is 12. The molecule has 356 valence electrons. The first kappa shape index (κ1) is 45.2. The molecule has 0 aliphatic heterocycles. The smallest absolute Gasteiger partial charge is 0.0618 e. The van der Waals surface area contributed by atoms with Crippen LogP contribution in [-0.2, 0) is 10.8 Å². The highest BCUT2D eigenvalue weighted by Gasteiger charge is 2.28. The van der Waals surface area contributed by atoms with E-state index in [0.717, 1.165) is 44.9 Å². The Kier molecular flexibility index (Phi) is 10.7. The highest BCUT2D eigenvalue weighted by molar-refractivity contribution is 6.28. The number of para-hydroxylation sites is 2. The van der Waals surface area contributed by atoms with Crippen LogP contribution in [0.15, 0.2) is 243 Å². The molecule has 13 aromatic rings. The van der Waals surface area contributed by atoms with Gasteiger partial charge in [0, 0.05) is 38.2 Å². The minimum absolute atomic E-state index is 0.0120. The van der Waals surface area contributed by atoms with E-state index in [2.05, 4.69) is 294 Å². The molecule has 0 atom stereocenters. The fourth-order valence-corrected chi connectivity index (χ4v) is 11.7. The van der Waals surface area contributed by atoms with Crippen molar-refractivity contribution in [2.75, 3.05) is 4.90 Å². The molecule has 12 aromatic carbocycles. The molecule has 0 N–H and O–H groups in total. The van der Waals surface area contributed by atoms with E-state index >= 15 is 0 Å².